The van der Waals surface area contributed by atoms with E-state index >= 15 is 0 Å². The third-order valence-corrected chi connectivity index (χ3v) is 3.60. The maximum Gasteiger partial charge on any atom is 0.0547 e. The molecule has 2 rings (SSSR count). The summed E-state index contributed by atoms with van der Waals surface area (Å²) in [6, 6.07) is 2.47. The molecule has 96 valence electrons. The summed E-state index contributed by atoms with van der Waals surface area (Å²) in [6.07, 6.45) is 5.87. The molecule has 2 heterocycles. The molecule has 1 saturated heterocycles. The van der Waals surface area contributed by atoms with Crippen molar-refractivity contribution in [2.24, 2.45) is 7.05 Å². The average molecular weight is 236 g/mol. The van der Waals surface area contributed by atoms with Crippen LogP contribution < -0.4 is 5.32 Å². The topological polar surface area (TPSA) is 33.1 Å². The van der Waals surface area contributed by atoms with Crippen molar-refractivity contribution in [2.75, 3.05) is 26.2 Å². The van der Waals surface area contributed by atoms with Gasteiger partial charge in [-0.25, -0.2) is 0 Å². The molecule has 1 N–H and O–H groups in total. The molecular weight excluding hydrogens is 212 g/mol. The fraction of sp³-hybridized carbons (Fsp3) is 0.769. The molecule has 1 fully saturated rings. The molecule has 4 nitrogen and oxygen atoms in total. The Bertz CT molecular complexity index is 328. The Morgan fingerprint density at radius 3 is 2.82 bits per heavy atom. The second-order valence-corrected chi connectivity index (χ2v) is 4.96. The number of hydrogen-bond donors (Lipinski definition) is 1. The highest BCUT2D eigenvalue weighted by Gasteiger charge is 2.11. The van der Waals surface area contributed by atoms with E-state index in [0.717, 1.165) is 6.54 Å². The molecule has 1 aromatic heterocycles. The van der Waals surface area contributed by atoms with E-state index in [9.17, 15) is 0 Å². The van der Waals surface area contributed by atoms with E-state index in [4.69, 9.17) is 0 Å². The number of hydrogen-bond acceptors (Lipinski definition) is 3. The molecule has 1 unspecified atom stereocenters. The smallest absolute Gasteiger partial charge is 0.0547 e. The third-order valence-electron chi connectivity index (χ3n) is 3.60. The molecule has 1 aromatic rings. The van der Waals surface area contributed by atoms with Gasteiger partial charge in [0, 0.05) is 19.3 Å². The van der Waals surface area contributed by atoms with E-state index in [0.29, 0.717) is 6.04 Å². The van der Waals surface area contributed by atoms with Gasteiger partial charge in [0.2, 0.25) is 0 Å². The fourth-order valence-corrected chi connectivity index (χ4v) is 2.54. The predicted molar refractivity (Wildman–Crippen MR) is 69.9 cm³/mol. The Morgan fingerprint density at radius 1 is 1.41 bits per heavy atom. The van der Waals surface area contributed by atoms with Gasteiger partial charge in [-0.2, -0.15) is 5.10 Å². The minimum atomic E-state index is 0.390. The Labute approximate surface area is 104 Å². The monoisotopic (exact) mass is 236 g/mol. The molecule has 0 radical (unpaired) electrons. The summed E-state index contributed by atoms with van der Waals surface area (Å²) in [5.41, 5.74) is 1.26. The lowest BCUT2D eigenvalue weighted by Gasteiger charge is -2.17. The molecule has 0 aliphatic carbocycles. The molecule has 0 amide bonds. The van der Waals surface area contributed by atoms with Gasteiger partial charge in [-0.05, 0) is 58.4 Å². The van der Waals surface area contributed by atoms with Crippen LogP contribution >= 0.6 is 0 Å². The van der Waals surface area contributed by atoms with Gasteiger partial charge in [0.05, 0.1) is 5.69 Å². The van der Waals surface area contributed by atoms with Crippen molar-refractivity contribution in [1.29, 1.82) is 0 Å². The zero-order valence-corrected chi connectivity index (χ0v) is 11.0. The number of aryl methyl sites for hydroxylation is 1. The first-order valence-corrected chi connectivity index (χ1v) is 6.71. The maximum atomic E-state index is 4.20. The van der Waals surface area contributed by atoms with Gasteiger partial charge in [-0.15, -0.1) is 0 Å². The van der Waals surface area contributed by atoms with Crippen LogP contribution in [-0.4, -0.2) is 40.9 Å². The van der Waals surface area contributed by atoms with E-state index < -0.39 is 0 Å². The van der Waals surface area contributed by atoms with E-state index in [2.05, 4.69) is 28.3 Å². The van der Waals surface area contributed by atoms with Crippen molar-refractivity contribution < 1.29 is 0 Å². The molecule has 0 aromatic carbocycles. The number of nitrogens with one attached hydrogen (secondary N) is 1. The van der Waals surface area contributed by atoms with Gasteiger partial charge in [0.15, 0.2) is 0 Å². The highest BCUT2D eigenvalue weighted by atomic mass is 15.3. The first-order valence-electron chi connectivity index (χ1n) is 6.71. The summed E-state index contributed by atoms with van der Waals surface area (Å²) in [6.45, 7) is 7.13. The van der Waals surface area contributed by atoms with Crippen LogP contribution in [0.4, 0.5) is 0 Å². The van der Waals surface area contributed by atoms with Crippen molar-refractivity contribution in [2.45, 2.75) is 32.2 Å². The van der Waals surface area contributed by atoms with Gasteiger partial charge in [-0.1, -0.05) is 0 Å². The Kier molecular flexibility index (Phi) is 4.57. The van der Waals surface area contributed by atoms with Crippen molar-refractivity contribution >= 4 is 0 Å². The van der Waals surface area contributed by atoms with Gasteiger partial charge < -0.3 is 10.2 Å². The minimum absolute atomic E-state index is 0.390. The number of likely N-dealkylation sites (tertiary alicyclic amines) is 1. The summed E-state index contributed by atoms with van der Waals surface area (Å²) < 4.78 is 1.94. The SMILES string of the molecule is CC(NCCCN1CCCC1)c1ccnn1C. The van der Waals surface area contributed by atoms with E-state index in [1.54, 1.807) is 0 Å². The molecule has 0 spiro atoms. The molecule has 1 aliphatic rings. The molecule has 0 bridgehead atoms. The first kappa shape index (κ1) is 12.6. The summed E-state index contributed by atoms with van der Waals surface area (Å²) in [5.74, 6) is 0. The average Bonchev–Trinajstić information content (AvgIpc) is 2.95. The van der Waals surface area contributed by atoms with Crippen LogP contribution in [0.2, 0.25) is 0 Å². The van der Waals surface area contributed by atoms with Gasteiger partial charge >= 0.3 is 0 Å². The van der Waals surface area contributed by atoms with Crippen molar-refractivity contribution in [3.05, 3.63) is 18.0 Å². The molecule has 1 aliphatic heterocycles. The van der Waals surface area contributed by atoms with Crippen LogP contribution in [0.5, 0.6) is 0 Å². The molecule has 4 heteroatoms. The normalized spacial score (nSPS) is 18.7. The summed E-state index contributed by atoms with van der Waals surface area (Å²) in [4.78, 5) is 2.57. The van der Waals surface area contributed by atoms with Crippen molar-refractivity contribution in [3.8, 4) is 0 Å². The number of aromatic nitrogens is 2. The largest absolute Gasteiger partial charge is 0.309 e. The van der Waals surface area contributed by atoms with Crippen molar-refractivity contribution in [3.63, 3.8) is 0 Å². The lowest BCUT2D eigenvalue weighted by Crippen LogP contribution is -2.27. The summed E-state index contributed by atoms with van der Waals surface area (Å²) >= 11 is 0. The van der Waals surface area contributed by atoms with E-state index in [1.165, 1.54) is 44.6 Å². The second kappa shape index (κ2) is 6.17. The molecule has 0 saturated carbocycles. The second-order valence-electron chi connectivity index (χ2n) is 4.96. The number of rotatable bonds is 6. The fourth-order valence-electron chi connectivity index (χ4n) is 2.54. The summed E-state index contributed by atoms with van der Waals surface area (Å²) in [5, 5.41) is 7.76. The van der Waals surface area contributed by atoms with Gasteiger partial charge in [-0.3, -0.25) is 4.68 Å². The van der Waals surface area contributed by atoms with E-state index in [1.807, 2.05) is 17.9 Å². The van der Waals surface area contributed by atoms with Crippen LogP contribution in [-0.2, 0) is 7.05 Å². The highest BCUT2D eigenvalue weighted by molar-refractivity contribution is 5.04. The Morgan fingerprint density at radius 2 is 2.18 bits per heavy atom. The van der Waals surface area contributed by atoms with Crippen LogP contribution in [0.3, 0.4) is 0 Å². The van der Waals surface area contributed by atoms with Crippen LogP contribution in [0.25, 0.3) is 0 Å². The van der Waals surface area contributed by atoms with Crippen LogP contribution in [0.15, 0.2) is 12.3 Å². The Balaban J connectivity index is 1.63. The predicted octanol–water partition coefficient (Wildman–Crippen LogP) is 1.56. The Hall–Kier alpha value is -0.870. The quantitative estimate of drug-likeness (QED) is 0.761. The lowest BCUT2D eigenvalue weighted by atomic mass is 10.2. The molecule has 17 heavy (non-hydrogen) atoms. The van der Waals surface area contributed by atoms with Crippen LogP contribution in [0.1, 0.15) is 37.9 Å². The molecule has 1 atom stereocenters. The van der Waals surface area contributed by atoms with Crippen molar-refractivity contribution in [1.82, 2.24) is 20.0 Å². The summed E-state index contributed by atoms with van der Waals surface area (Å²) in [7, 11) is 2.00. The standard InChI is InChI=1S/C13H24N4/c1-12(13-6-8-15-16(13)2)14-7-5-11-17-9-3-4-10-17/h6,8,12,14H,3-5,7,9-11H2,1-2H3. The van der Waals surface area contributed by atoms with E-state index in [-0.39, 0.29) is 0 Å². The highest BCUT2D eigenvalue weighted by Crippen LogP contribution is 2.10. The first-order chi connectivity index (χ1) is 8.27. The van der Waals surface area contributed by atoms with Gasteiger partial charge in [0.25, 0.3) is 0 Å². The minimum Gasteiger partial charge on any atom is -0.309 e. The van der Waals surface area contributed by atoms with Crippen LogP contribution in [0, 0.1) is 0 Å². The third kappa shape index (κ3) is 3.54. The molecular formula is C13H24N4. The number of nitrogens with zero attached hydrogens (tertiary/aromatic N) is 3. The zero-order chi connectivity index (χ0) is 12.1. The maximum absolute atomic E-state index is 4.20. The lowest BCUT2D eigenvalue weighted by molar-refractivity contribution is 0.328. The van der Waals surface area contributed by atoms with Gasteiger partial charge in [0.1, 0.15) is 0 Å². The zero-order valence-electron chi connectivity index (χ0n) is 11.0.